The topological polar surface area (TPSA) is 147 Å². The second-order valence-corrected chi connectivity index (χ2v) is 13.0. The maximum absolute atomic E-state index is 13.6. The highest BCUT2D eigenvalue weighted by Crippen LogP contribution is 2.33. The zero-order valence-electron chi connectivity index (χ0n) is 25.1. The van der Waals surface area contributed by atoms with E-state index in [0.717, 1.165) is 44.3 Å². The average molecular weight is 602 g/mol. The fourth-order valence-corrected chi connectivity index (χ4v) is 7.09. The van der Waals surface area contributed by atoms with Crippen LogP contribution in [0.15, 0.2) is 27.9 Å². The maximum atomic E-state index is 13.6. The minimum absolute atomic E-state index is 0.0299. The van der Waals surface area contributed by atoms with Crippen LogP contribution in [0.4, 0.5) is 0 Å². The third-order valence-corrected chi connectivity index (χ3v) is 9.97. The summed E-state index contributed by atoms with van der Waals surface area (Å²) in [5.74, 6) is 0.00540. The van der Waals surface area contributed by atoms with E-state index in [1.165, 1.54) is 22.9 Å². The van der Waals surface area contributed by atoms with Crippen LogP contribution in [0.2, 0.25) is 0 Å². The van der Waals surface area contributed by atoms with Gasteiger partial charge in [0.1, 0.15) is 11.6 Å². The SMILES string of the molecule is CCCCCCC(CC)c1nc(C)c2c(=O)[nH]c(-c3cc(S(=O)(=O)N4CCC(C(=O)O)CC4)ccc3OCCC)nn12. The van der Waals surface area contributed by atoms with Crippen molar-refractivity contribution in [3.63, 3.8) is 0 Å². The summed E-state index contributed by atoms with van der Waals surface area (Å²) in [5.41, 5.74) is 0.975. The molecule has 3 aromatic rings. The molecule has 1 aliphatic heterocycles. The Labute approximate surface area is 247 Å². The molecule has 0 radical (unpaired) electrons. The van der Waals surface area contributed by atoms with Crippen molar-refractivity contribution in [2.75, 3.05) is 19.7 Å². The number of nitrogens with zero attached hydrogens (tertiary/aromatic N) is 4. The highest BCUT2D eigenvalue weighted by molar-refractivity contribution is 7.89. The molecule has 2 aromatic heterocycles. The molecule has 4 rings (SSSR count). The van der Waals surface area contributed by atoms with E-state index >= 15 is 0 Å². The van der Waals surface area contributed by atoms with Gasteiger partial charge in [-0.25, -0.2) is 17.9 Å². The first-order valence-electron chi connectivity index (χ1n) is 15.1. The third-order valence-electron chi connectivity index (χ3n) is 8.07. The second kappa shape index (κ2) is 13.8. The van der Waals surface area contributed by atoms with Gasteiger partial charge in [-0.1, -0.05) is 46.5 Å². The quantitative estimate of drug-likeness (QED) is 0.242. The van der Waals surface area contributed by atoms with Gasteiger partial charge in [0.15, 0.2) is 11.3 Å². The molecule has 2 N–H and O–H groups in total. The number of aromatic amines is 1. The molecule has 3 heterocycles. The summed E-state index contributed by atoms with van der Waals surface area (Å²) >= 11 is 0. The lowest BCUT2D eigenvalue weighted by atomic mass is 9.97. The number of rotatable bonds is 14. The predicted molar refractivity (Wildman–Crippen MR) is 160 cm³/mol. The van der Waals surface area contributed by atoms with Crippen LogP contribution in [0.5, 0.6) is 5.75 Å². The third kappa shape index (κ3) is 6.70. The first kappa shape index (κ1) is 31.7. The van der Waals surface area contributed by atoms with Crippen molar-refractivity contribution in [1.82, 2.24) is 23.9 Å². The number of nitrogens with one attached hydrogen (secondary N) is 1. The first-order valence-corrected chi connectivity index (χ1v) is 16.6. The van der Waals surface area contributed by atoms with E-state index in [0.29, 0.717) is 29.1 Å². The van der Waals surface area contributed by atoms with E-state index < -0.39 is 21.9 Å². The Morgan fingerprint density at radius 3 is 2.52 bits per heavy atom. The fraction of sp³-hybridized carbons (Fsp3) is 0.600. The van der Waals surface area contributed by atoms with Gasteiger partial charge in [0, 0.05) is 19.0 Å². The number of imidazole rings is 1. The van der Waals surface area contributed by atoms with Crippen LogP contribution in [-0.2, 0) is 14.8 Å². The number of fused-ring (bicyclic) bond motifs is 1. The highest BCUT2D eigenvalue weighted by Gasteiger charge is 2.33. The Balaban J connectivity index is 1.77. The van der Waals surface area contributed by atoms with Crippen molar-refractivity contribution >= 4 is 21.5 Å². The van der Waals surface area contributed by atoms with Crippen LogP contribution in [-0.4, -0.2) is 63.1 Å². The number of hydrogen-bond acceptors (Lipinski definition) is 7. The molecule has 0 spiro atoms. The molecule has 0 bridgehead atoms. The number of sulfonamides is 1. The van der Waals surface area contributed by atoms with E-state index in [4.69, 9.17) is 14.8 Å². The van der Waals surface area contributed by atoms with Crippen LogP contribution < -0.4 is 10.3 Å². The summed E-state index contributed by atoms with van der Waals surface area (Å²) in [6.45, 7) is 8.71. The number of carbonyl (C=O) groups is 1. The van der Waals surface area contributed by atoms with Gasteiger partial charge >= 0.3 is 5.97 Å². The van der Waals surface area contributed by atoms with Crippen LogP contribution in [0.25, 0.3) is 16.9 Å². The van der Waals surface area contributed by atoms with Gasteiger partial charge in [0.05, 0.1) is 28.7 Å². The van der Waals surface area contributed by atoms with E-state index in [9.17, 15) is 23.1 Å². The van der Waals surface area contributed by atoms with Gasteiger partial charge in [0.25, 0.3) is 5.56 Å². The number of aryl methyl sites for hydroxylation is 1. The van der Waals surface area contributed by atoms with Gasteiger partial charge in [0.2, 0.25) is 10.0 Å². The molecule has 1 atom stereocenters. The summed E-state index contributed by atoms with van der Waals surface area (Å²) < 4.78 is 36.1. The summed E-state index contributed by atoms with van der Waals surface area (Å²) in [7, 11) is -3.92. The molecular weight excluding hydrogens is 558 g/mol. The van der Waals surface area contributed by atoms with Gasteiger partial charge in [-0.2, -0.15) is 4.31 Å². The molecule has 1 aliphatic rings. The number of aromatic nitrogens is 4. The molecule has 1 fully saturated rings. The summed E-state index contributed by atoms with van der Waals surface area (Å²) in [6.07, 6.45) is 7.58. The Bertz CT molecular complexity index is 1560. The smallest absolute Gasteiger partial charge is 0.306 e. The van der Waals surface area contributed by atoms with Gasteiger partial charge in [-0.15, -0.1) is 5.10 Å². The Hall–Kier alpha value is -3.25. The lowest BCUT2D eigenvalue weighted by Gasteiger charge is -2.29. The summed E-state index contributed by atoms with van der Waals surface area (Å²) in [6, 6.07) is 4.56. The van der Waals surface area contributed by atoms with E-state index in [2.05, 4.69) is 18.8 Å². The van der Waals surface area contributed by atoms with Crippen molar-refractivity contribution in [3.05, 3.63) is 40.1 Å². The first-order chi connectivity index (χ1) is 20.1. The lowest BCUT2D eigenvalue weighted by molar-refractivity contribution is -0.142. The van der Waals surface area contributed by atoms with Crippen LogP contribution in [0.1, 0.15) is 96.0 Å². The minimum atomic E-state index is -3.92. The summed E-state index contributed by atoms with van der Waals surface area (Å²) in [5, 5.41) is 14.1. The number of aliphatic carboxylic acids is 1. The standard InChI is InChI=1S/C30H43N5O6S/c1-5-8-9-10-11-21(7-3)28-31-20(4)26-29(36)32-27(33-35(26)28)24-19-23(12-13-25(24)41-18-6-2)42(39,40)34-16-14-22(15-17-34)30(37)38/h12-13,19,21-22H,5-11,14-18H2,1-4H3,(H,37,38)(H,32,33,36). The van der Waals surface area contributed by atoms with Crippen molar-refractivity contribution in [2.24, 2.45) is 5.92 Å². The number of benzene rings is 1. The number of unbranched alkanes of at least 4 members (excludes halogenated alkanes) is 3. The normalized spacial score (nSPS) is 15.7. The molecule has 1 unspecified atom stereocenters. The average Bonchev–Trinajstić information content (AvgIpc) is 3.32. The van der Waals surface area contributed by atoms with Crippen molar-refractivity contribution in [1.29, 1.82) is 0 Å². The number of piperidine rings is 1. The molecule has 1 saturated heterocycles. The number of H-pyrrole nitrogens is 1. The Morgan fingerprint density at radius 1 is 1.14 bits per heavy atom. The molecular formula is C30H43N5O6S. The van der Waals surface area contributed by atoms with Crippen LogP contribution >= 0.6 is 0 Å². The van der Waals surface area contributed by atoms with Crippen molar-refractivity contribution in [2.45, 2.75) is 96.3 Å². The minimum Gasteiger partial charge on any atom is -0.493 e. The van der Waals surface area contributed by atoms with Gasteiger partial charge < -0.3 is 14.8 Å². The fourth-order valence-electron chi connectivity index (χ4n) is 5.60. The van der Waals surface area contributed by atoms with E-state index in [1.54, 1.807) is 17.5 Å². The van der Waals surface area contributed by atoms with Crippen molar-refractivity contribution < 1.29 is 23.1 Å². The molecule has 0 saturated carbocycles. The van der Waals surface area contributed by atoms with Crippen molar-refractivity contribution in [3.8, 4) is 17.1 Å². The molecule has 12 heteroatoms. The molecule has 230 valence electrons. The molecule has 0 amide bonds. The van der Waals surface area contributed by atoms with Gasteiger partial charge in [-0.05, 0) is 57.2 Å². The molecule has 0 aliphatic carbocycles. The summed E-state index contributed by atoms with van der Waals surface area (Å²) in [4.78, 5) is 32.4. The molecule has 42 heavy (non-hydrogen) atoms. The van der Waals surface area contributed by atoms with Crippen LogP contribution in [0.3, 0.4) is 0 Å². The Kier molecular flexibility index (Phi) is 10.4. The van der Waals surface area contributed by atoms with Crippen LogP contribution in [0, 0.1) is 12.8 Å². The zero-order valence-corrected chi connectivity index (χ0v) is 25.9. The number of ether oxygens (including phenoxy) is 1. The molecule has 1 aromatic carbocycles. The second-order valence-electron chi connectivity index (χ2n) is 11.1. The number of hydrogen-bond donors (Lipinski definition) is 2. The Morgan fingerprint density at radius 2 is 1.88 bits per heavy atom. The lowest BCUT2D eigenvalue weighted by Crippen LogP contribution is -2.40. The number of carboxylic acids is 1. The van der Waals surface area contributed by atoms with E-state index in [-0.39, 0.29) is 48.1 Å². The molecule has 11 nitrogen and oxygen atoms in total. The monoisotopic (exact) mass is 601 g/mol. The zero-order chi connectivity index (χ0) is 30.4. The predicted octanol–water partition coefficient (Wildman–Crippen LogP) is 5.13. The van der Waals surface area contributed by atoms with Gasteiger partial charge in [-0.3, -0.25) is 9.59 Å². The van der Waals surface area contributed by atoms with E-state index in [1.807, 2.05) is 6.92 Å². The largest absolute Gasteiger partial charge is 0.493 e. The number of carboxylic acid groups (broad SMARTS) is 1. The highest BCUT2D eigenvalue weighted by atomic mass is 32.2. The maximum Gasteiger partial charge on any atom is 0.306 e.